The summed E-state index contributed by atoms with van der Waals surface area (Å²) in [6.07, 6.45) is 3.39. The molecular formula is C15H19F2NO. The van der Waals surface area contributed by atoms with Crippen LogP contribution in [0.2, 0.25) is 0 Å². The molecule has 1 fully saturated rings. The molecule has 0 saturated carbocycles. The highest BCUT2D eigenvalue weighted by Gasteiger charge is 2.30. The van der Waals surface area contributed by atoms with E-state index in [1.54, 1.807) is 4.90 Å². The van der Waals surface area contributed by atoms with Gasteiger partial charge in [-0.2, -0.15) is 0 Å². The number of rotatable bonds is 3. The average molecular weight is 267 g/mol. The number of nitrogens with zero attached hydrogens (tertiary/aromatic N) is 1. The fraction of sp³-hybridized carbons (Fsp3) is 0.533. The zero-order chi connectivity index (χ0) is 14.0. The Labute approximate surface area is 112 Å². The van der Waals surface area contributed by atoms with Gasteiger partial charge in [0.2, 0.25) is 0 Å². The second-order valence-electron chi connectivity index (χ2n) is 5.60. The van der Waals surface area contributed by atoms with E-state index in [1.807, 2.05) is 0 Å². The van der Waals surface area contributed by atoms with Crippen molar-refractivity contribution in [3.63, 3.8) is 0 Å². The molecule has 104 valence electrons. The van der Waals surface area contributed by atoms with Gasteiger partial charge in [-0.15, -0.1) is 0 Å². The van der Waals surface area contributed by atoms with Crippen LogP contribution in [0.15, 0.2) is 12.1 Å². The number of aldehydes is 1. The number of carbonyl (C=O) groups excluding carboxylic acids is 1. The SMILES string of the molecule is CCC1(C)CCN(c2c(F)cc(C=O)cc2F)CC1. The van der Waals surface area contributed by atoms with E-state index >= 15 is 0 Å². The summed E-state index contributed by atoms with van der Waals surface area (Å²) < 4.78 is 27.8. The second kappa shape index (κ2) is 5.27. The lowest BCUT2D eigenvalue weighted by molar-refractivity contribution is 0.112. The van der Waals surface area contributed by atoms with Gasteiger partial charge in [0, 0.05) is 18.7 Å². The van der Waals surface area contributed by atoms with Crippen molar-refractivity contribution in [1.29, 1.82) is 0 Å². The highest BCUT2D eigenvalue weighted by atomic mass is 19.1. The first kappa shape index (κ1) is 14.0. The fourth-order valence-electron chi connectivity index (χ4n) is 2.58. The van der Waals surface area contributed by atoms with Crippen molar-refractivity contribution >= 4 is 12.0 Å². The number of hydrogen-bond acceptors (Lipinski definition) is 2. The molecule has 4 heteroatoms. The summed E-state index contributed by atoms with van der Waals surface area (Å²) in [6.45, 7) is 5.67. The minimum absolute atomic E-state index is 0.00348. The summed E-state index contributed by atoms with van der Waals surface area (Å²) in [5, 5.41) is 0. The number of anilines is 1. The maximum absolute atomic E-state index is 13.9. The van der Waals surface area contributed by atoms with E-state index < -0.39 is 11.6 Å². The molecule has 2 nitrogen and oxygen atoms in total. The molecule has 1 aliphatic heterocycles. The topological polar surface area (TPSA) is 20.3 Å². The first-order chi connectivity index (χ1) is 8.99. The summed E-state index contributed by atoms with van der Waals surface area (Å²) in [5.74, 6) is -1.30. The van der Waals surface area contributed by atoms with Crippen LogP contribution in [0.25, 0.3) is 0 Å². The first-order valence-corrected chi connectivity index (χ1v) is 6.68. The van der Waals surface area contributed by atoms with Crippen molar-refractivity contribution < 1.29 is 13.6 Å². The molecule has 1 heterocycles. The van der Waals surface area contributed by atoms with E-state index in [0.29, 0.717) is 19.4 Å². The third-order valence-electron chi connectivity index (χ3n) is 4.32. The summed E-state index contributed by atoms with van der Waals surface area (Å²) in [4.78, 5) is 12.3. The molecule has 0 N–H and O–H groups in total. The molecule has 0 spiro atoms. The minimum Gasteiger partial charge on any atom is -0.367 e. The van der Waals surface area contributed by atoms with Gasteiger partial charge in [0.15, 0.2) is 0 Å². The van der Waals surface area contributed by atoms with Gasteiger partial charge in [0.05, 0.1) is 0 Å². The minimum atomic E-state index is -0.651. The zero-order valence-corrected chi connectivity index (χ0v) is 11.4. The van der Waals surface area contributed by atoms with Crippen molar-refractivity contribution in [2.24, 2.45) is 5.41 Å². The van der Waals surface area contributed by atoms with Crippen LogP contribution in [0.5, 0.6) is 0 Å². The zero-order valence-electron chi connectivity index (χ0n) is 11.4. The van der Waals surface area contributed by atoms with Crippen LogP contribution in [0.1, 0.15) is 43.5 Å². The lowest BCUT2D eigenvalue weighted by Crippen LogP contribution is -2.39. The summed E-state index contributed by atoms with van der Waals surface area (Å²) >= 11 is 0. The Hall–Kier alpha value is -1.45. The number of carbonyl (C=O) groups is 1. The number of benzene rings is 1. The van der Waals surface area contributed by atoms with Crippen LogP contribution in [-0.4, -0.2) is 19.4 Å². The van der Waals surface area contributed by atoms with Gasteiger partial charge in [0.25, 0.3) is 0 Å². The van der Waals surface area contributed by atoms with Crippen LogP contribution in [0.3, 0.4) is 0 Å². The predicted octanol–water partition coefficient (Wildman–Crippen LogP) is 3.79. The summed E-state index contributed by atoms with van der Waals surface area (Å²) in [7, 11) is 0. The largest absolute Gasteiger partial charge is 0.367 e. The lowest BCUT2D eigenvalue weighted by Gasteiger charge is -2.40. The van der Waals surface area contributed by atoms with Crippen LogP contribution in [-0.2, 0) is 0 Å². The molecular weight excluding hydrogens is 248 g/mol. The third-order valence-corrected chi connectivity index (χ3v) is 4.32. The molecule has 0 bridgehead atoms. The third kappa shape index (κ3) is 2.77. The highest BCUT2D eigenvalue weighted by Crippen LogP contribution is 2.37. The van der Waals surface area contributed by atoms with Gasteiger partial charge >= 0.3 is 0 Å². The van der Waals surface area contributed by atoms with Crippen molar-refractivity contribution in [3.05, 3.63) is 29.3 Å². The molecule has 1 aromatic rings. The van der Waals surface area contributed by atoms with E-state index in [0.717, 1.165) is 31.4 Å². The van der Waals surface area contributed by atoms with Crippen molar-refractivity contribution in [1.82, 2.24) is 0 Å². The standard InChI is InChI=1S/C15H19F2NO/c1-3-15(2)4-6-18(7-5-15)14-12(16)8-11(10-19)9-13(14)17/h8-10H,3-7H2,1-2H3. The molecule has 0 aromatic heterocycles. The maximum atomic E-state index is 13.9. The van der Waals surface area contributed by atoms with Crippen LogP contribution < -0.4 is 4.90 Å². The smallest absolute Gasteiger partial charge is 0.150 e. The molecule has 0 amide bonds. The normalized spacial score (nSPS) is 18.4. The Kier molecular flexibility index (Phi) is 3.88. The Balaban J connectivity index is 2.22. The van der Waals surface area contributed by atoms with Crippen molar-refractivity contribution in [2.45, 2.75) is 33.1 Å². The van der Waals surface area contributed by atoms with Gasteiger partial charge in [-0.25, -0.2) is 8.78 Å². The lowest BCUT2D eigenvalue weighted by atomic mass is 9.78. The van der Waals surface area contributed by atoms with Crippen LogP contribution >= 0.6 is 0 Å². The molecule has 0 aliphatic carbocycles. The summed E-state index contributed by atoms with van der Waals surface area (Å²) in [6, 6.07) is 2.19. The molecule has 2 rings (SSSR count). The van der Waals surface area contributed by atoms with E-state index in [4.69, 9.17) is 0 Å². The molecule has 0 radical (unpaired) electrons. The molecule has 0 unspecified atom stereocenters. The first-order valence-electron chi connectivity index (χ1n) is 6.68. The van der Waals surface area contributed by atoms with E-state index in [1.165, 1.54) is 0 Å². The van der Waals surface area contributed by atoms with E-state index in [9.17, 15) is 13.6 Å². The molecule has 1 aromatic carbocycles. The Bertz CT molecular complexity index is 456. The number of piperidine rings is 1. The fourth-order valence-corrected chi connectivity index (χ4v) is 2.58. The molecule has 1 saturated heterocycles. The van der Waals surface area contributed by atoms with Gasteiger partial charge in [-0.05, 0) is 30.4 Å². The molecule has 1 aliphatic rings. The Morgan fingerprint density at radius 3 is 2.21 bits per heavy atom. The van der Waals surface area contributed by atoms with Crippen molar-refractivity contribution in [3.8, 4) is 0 Å². The number of hydrogen-bond donors (Lipinski definition) is 0. The average Bonchev–Trinajstić information content (AvgIpc) is 2.40. The highest BCUT2D eigenvalue weighted by molar-refractivity contribution is 5.76. The van der Waals surface area contributed by atoms with Gasteiger partial charge in [0.1, 0.15) is 23.6 Å². The van der Waals surface area contributed by atoms with Gasteiger partial charge in [-0.1, -0.05) is 20.3 Å². The molecule has 0 atom stereocenters. The van der Waals surface area contributed by atoms with Crippen LogP contribution in [0.4, 0.5) is 14.5 Å². The monoisotopic (exact) mass is 267 g/mol. The number of halogens is 2. The molecule has 19 heavy (non-hydrogen) atoms. The summed E-state index contributed by atoms with van der Waals surface area (Å²) in [5.41, 5.74) is 0.310. The van der Waals surface area contributed by atoms with Crippen molar-refractivity contribution in [2.75, 3.05) is 18.0 Å². The van der Waals surface area contributed by atoms with Gasteiger partial charge < -0.3 is 4.90 Å². The Morgan fingerprint density at radius 2 is 1.79 bits per heavy atom. The predicted molar refractivity (Wildman–Crippen MR) is 71.6 cm³/mol. The van der Waals surface area contributed by atoms with Crippen LogP contribution in [0, 0.1) is 17.0 Å². The Morgan fingerprint density at radius 1 is 1.26 bits per heavy atom. The quantitative estimate of drug-likeness (QED) is 0.776. The van der Waals surface area contributed by atoms with E-state index in [-0.39, 0.29) is 16.7 Å². The van der Waals surface area contributed by atoms with E-state index in [2.05, 4.69) is 13.8 Å². The maximum Gasteiger partial charge on any atom is 0.150 e. The second-order valence-corrected chi connectivity index (χ2v) is 5.60. The van der Waals surface area contributed by atoms with Gasteiger partial charge in [-0.3, -0.25) is 4.79 Å².